The van der Waals surface area contributed by atoms with Crippen molar-refractivity contribution in [1.29, 1.82) is 0 Å². The van der Waals surface area contributed by atoms with E-state index >= 15 is 0 Å². The summed E-state index contributed by atoms with van der Waals surface area (Å²) in [6.45, 7) is 9.43. The maximum atomic E-state index is 13.9. The summed E-state index contributed by atoms with van der Waals surface area (Å²) >= 11 is 13.3. The van der Waals surface area contributed by atoms with Crippen LogP contribution in [0, 0.1) is 5.92 Å². The molecule has 4 atom stereocenters. The first-order valence-electron chi connectivity index (χ1n) is 16.2. The molecule has 6 rings (SSSR count). The molecule has 2 aromatic carbocycles. The smallest absolute Gasteiger partial charge is 0.259 e. The normalized spacial score (nSPS) is 27.6. The highest BCUT2D eigenvalue weighted by Gasteiger charge is 2.40. The standard InChI is InChI=1S/C35H43Cl2N3O5/c1-21-8-10-27(11-9-21)43-19-26-14-25(39-16-22(2)45-23(3)17-39)18-40(26)34(41)13-24-12-31(37)32(15-30(24)36)38-35(42)29-20-44-33-7-5-4-6-28(29)33/h4-7,12,15,20-23,25-27H,8-11,13-14,16-19H2,1-3H3,(H,38,42)/t21-,22-,23+,25-,26-,27-/m0/s1. The van der Waals surface area contributed by atoms with Crippen molar-refractivity contribution < 1.29 is 23.5 Å². The Bertz CT molecular complexity index is 1510. The monoisotopic (exact) mass is 655 g/mol. The Kier molecular flexibility index (Phi) is 10.1. The Labute approximate surface area is 275 Å². The molecule has 45 heavy (non-hydrogen) atoms. The number of ether oxygens (including phenoxy) is 2. The van der Waals surface area contributed by atoms with E-state index in [-0.39, 0.29) is 48.6 Å². The van der Waals surface area contributed by atoms with Crippen LogP contribution in [0.5, 0.6) is 0 Å². The first-order valence-corrected chi connectivity index (χ1v) is 17.0. The van der Waals surface area contributed by atoms with E-state index in [0.29, 0.717) is 51.0 Å². The summed E-state index contributed by atoms with van der Waals surface area (Å²) in [7, 11) is 0. The van der Waals surface area contributed by atoms with Gasteiger partial charge in [-0.15, -0.1) is 0 Å². The Hall–Kier alpha value is -2.62. The molecule has 1 N–H and O–H groups in total. The highest BCUT2D eigenvalue weighted by atomic mass is 35.5. The van der Waals surface area contributed by atoms with E-state index in [1.165, 1.54) is 19.1 Å². The van der Waals surface area contributed by atoms with Crippen molar-refractivity contribution in [3.05, 3.63) is 63.8 Å². The van der Waals surface area contributed by atoms with Gasteiger partial charge in [0.2, 0.25) is 5.91 Å². The number of rotatable bonds is 8. The Morgan fingerprint density at radius 3 is 2.47 bits per heavy atom. The van der Waals surface area contributed by atoms with Crippen LogP contribution in [0.3, 0.4) is 0 Å². The lowest BCUT2D eigenvalue weighted by molar-refractivity contribution is -0.133. The van der Waals surface area contributed by atoms with Crippen molar-refractivity contribution in [2.24, 2.45) is 5.92 Å². The number of anilines is 1. The Balaban J connectivity index is 1.14. The molecule has 1 aliphatic carbocycles. The number of morpholine rings is 1. The number of fused-ring (bicyclic) bond motifs is 1. The van der Waals surface area contributed by atoms with Crippen LogP contribution in [0.15, 0.2) is 47.1 Å². The zero-order valence-electron chi connectivity index (χ0n) is 26.3. The van der Waals surface area contributed by atoms with Crippen LogP contribution in [0.25, 0.3) is 11.0 Å². The molecule has 3 fully saturated rings. The van der Waals surface area contributed by atoms with Gasteiger partial charge in [0.1, 0.15) is 11.8 Å². The topological polar surface area (TPSA) is 84.3 Å². The lowest BCUT2D eigenvalue weighted by Crippen LogP contribution is -2.51. The minimum Gasteiger partial charge on any atom is -0.463 e. The highest BCUT2D eigenvalue weighted by molar-refractivity contribution is 6.36. The number of nitrogens with one attached hydrogen (secondary N) is 1. The van der Waals surface area contributed by atoms with Crippen LogP contribution in [0.2, 0.25) is 10.0 Å². The van der Waals surface area contributed by atoms with Gasteiger partial charge in [-0.25, -0.2) is 0 Å². The van der Waals surface area contributed by atoms with Gasteiger partial charge in [0.05, 0.1) is 53.7 Å². The second kappa shape index (κ2) is 14.0. The van der Waals surface area contributed by atoms with E-state index < -0.39 is 0 Å². The molecule has 0 spiro atoms. The molecule has 8 nitrogen and oxygen atoms in total. The van der Waals surface area contributed by atoms with Gasteiger partial charge in [0.15, 0.2) is 0 Å². The third-order valence-electron chi connectivity index (χ3n) is 9.62. The molecule has 0 radical (unpaired) electrons. The zero-order chi connectivity index (χ0) is 31.7. The number of amides is 2. The van der Waals surface area contributed by atoms with Gasteiger partial charge in [0.25, 0.3) is 5.91 Å². The van der Waals surface area contributed by atoms with E-state index in [1.807, 2.05) is 23.1 Å². The van der Waals surface area contributed by atoms with Crippen LogP contribution in [0.1, 0.15) is 68.8 Å². The quantitative estimate of drug-likeness (QED) is 0.276. The van der Waals surface area contributed by atoms with Crippen LogP contribution >= 0.6 is 23.2 Å². The summed E-state index contributed by atoms with van der Waals surface area (Å²) < 4.78 is 17.9. The number of para-hydroxylation sites is 1. The van der Waals surface area contributed by atoms with E-state index in [1.54, 1.807) is 18.2 Å². The lowest BCUT2D eigenvalue weighted by atomic mass is 9.89. The summed E-state index contributed by atoms with van der Waals surface area (Å²) in [4.78, 5) is 31.5. The second-order valence-electron chi connectivity index (χ2n) is 13.2. The van der Waals surface area contributed by atoms with Crippen LogP contribution in [-0.2, 0) is 20.7 Å². The van der Waals surface area contributed by atoms with Gasteiger partial charge in [-0.1, -0.05) is 48.3 Å². The van der Waals surface area contributed by atoms with Gasteiger partial charge in [-0.05, 0) is 75.6 Å². The number of likely N-dealkylation sites (tertiary alicyclic amines) is 1. The Morgan fingerprint density at radius 1 is 0.978 bits per heavy atom. The molecule has 3 aromatic rings. The molecular formula is C35H43Cl2N3O5. The first-order chi connectivity index (χ1) is 21.6. The third-order valence-corrected chi connectivity index (χ3v) is 10.3. The van der Waals surface area contributed by atoms with Gasteiger partial charge in [-0.3, -0.25) is 14.5 Å². The molecule has 3 aliphatic rings. The molecule has 1 saturated carbocycles. The minimum absolute atomic E-state index is 0.00246. The summed E-state index contributed by atoms with van der Waals surface area (Å²) in [5.41, 5.74) is 2.02. The zero-order valence-corrected chi connectivity index (χ0v) is 27.8. The molecule has 2 amide bonds. The maximum absolute atomic E-state index is 13.9. The van der Waals surface area contributed by atoms with Gasteiger partial charge in [0, 0.05) is 36.1 Å². The Morgan fingerprint density at radius 2 is 1.71 bits per heavy atom. The number of hydrogen-bond acceptors (Lipinski definition) is 6. The predicted molar refractivity (Wildman–Crippen MR) is 177 cm³/mol. The summed E-state index contributed by atoms with van der Waals surface area (Å²) in [5, 5.41) is 4.24. The summed E-state index contributed by atoms with van der Waals surface area (Å²) in [5.74, 6) is 0.398. The largest absolute Gasteiger partial charge is 0.463 e. The van der Waals surface area contributed by atoms with E-state index in [4.69, 9.17) is 37.1 Å². The summed E-state index contributed by atoms with van der Waals surface area (Å²) in [6, 6.07) is 10.9. The number of nitrogens with zero attached hydrogens (tertiary/aromatic N) is 2. The minimum atomic E-state index is -0.355. The number of carbonyl (C=O) groups excluding carboxylic acids is 2. The number of halogens is 2. The molecule has 10 heteroatoms. The molecule has 0 bridgehead atoms. The first kappa shape index (κ1) is 32.3. The van der Waals surface area contributed by atoms with Crippen molar-refractivity contribution in [2.45, 2.75) is 89.7 Å². The van der Waals surface area contributed by atoms with Gasteiger partial charge >= 0.3 is 0 Å². The van der Waals surface area contributed by atoms with Crippen LogP contribution < -0.4 is 5.32 Å². The SMILES string of the molecule is C[C@@H]1CN([C@H]2C[C@@H](CO[C@H]3CC[C@H](C)CC3)N(C(=O)Cc3cc(Cl)c(NC(=O)c4coc5ccccc45)cc3Cl)C2)C[C@H](C)O1. The fourth-order valence-electron chi connectivity index (χ4n) is 7.21. The summed E-state index contributed by atoms with van der Waals surface area (Å²) in [6.07, 6.45) is 7.53. The fourth-order valence-corrected chi connectivity index (χ4v) is 7.67. The molecule has 3 heterocycles. The second-order valence-corrected chi connectivity index (χ2v) is 14.0. The molecule has 2 aliphatic heterocycles. The van der Waals surface area contributed by atoms with E-state index in [9.17, 15) is 9.59 Å². The van der Waals surface area contributed by atoms with Gasteiger partial charge < -0.3 is 24.1 Å². The van der Waals surface area contributed by atoms with Crippen molar-refractivity contribution in [3.8, 4) is 0 Å². The van der Waals surface area contributed by atoms with E-state index in [0.717, 1.165) is 38.3 Å². The number of benzene rings is 2. The average molecular weight is 657 g/mol. The van der Waals surface area contributed by atoms with Crippen LogP contribution in [0.4, 0.5) is 5.69 Å². The number of carbonyl (C=O) groups is 2. The highest BCUT2D eigenvalue weighted by Crippen LogP contribution is 2.33. The molecular weight excluding hydrogens is 613 g/mol. The van der Waals surface area contributed by atoms with Crippen molar-refractivity contribution >= 4 is 51.7 Å². The maximum Gasteiger partial charge on any atom is 0.259 e. The van der Waals surface area contributed by atoms with Gasteiger partial charge in [-0.2, -0.15) is 0 Å². The third kappa shape index (κ3) is 7.52. The molecule has 242 valence electrons. The molecule has 0 unspecified atom stereocenters. The predicted octanol–water partition coefficient (Wildman–Crippen LogP) is 7.21. The van der Waals surface area contributed by atoms with Crippen molar-refractivity contribution in [2.75, 3.05) is 31.6 Å². The molecule has 2 saturated heterocycles. The lowest BCUT2D eigenvalue weighted by Gasteiger charge is -2.38. The van der Waals surface area contributed by atoms with Crippen molar-refractivity contribution in [1.82, 2.24) is 9.80 Å². The van der Waals surface area contributed by atoms with Crippen molar-refractivity contribution in [3.63, 3.8) is 0 Å². The van der Waals surface area contributed by atoms with E-state index in [2.05, 4.69) is 31.0 Å². The van der Waals surface area contributed by atoms with Crippen LogP contribution in [-0.4, -0.2) is 78.3 Å². The molecule has 1 aromatic heterocycles. The fraction of sp³-hybridized carbons (Fsp3) is 0.543. The number of hydrogen-bond donors (Lipinski definition) is 1. The average Bonchev–Trinajstić information content (AvgIpc) is 3.64. The number of furan rings is 1.